The summed E-state index contributed by atoms with van der Waals surface area (Å²) in [4.78, 5) is 7.04. The Balaban J connectivity index is 2.16. The van der Waals surface area contributed by atoms with Crippen molar-refractivity contribution in [2.24, 2.45) is 5.73 Å². The monoisotopic (exact) mass is 152 g/mol. The third-order valence-corrected chi connectivity index (χ3v) is 2.19. The van der Waals surface area contributed by atoms with Gasteiger partial charge < -0.3 is 16.0 Å². The van der Waals surface area contributed by atoms with Crippen LogP contribution in [0.2, 0.25) is 0 Å². The minimum Gasteiger partial charge on any atom is -0.348 e. The van der Waals surface area contributed by atoms with Gasteiger partial charge in [0.15, 0.2) is 0 Å². The lowest BCUT2D eigenvalue weighted by Crippen LogP contribution is -2.35. The number of nitrogens with one attached hydrogen (secondary N) is 2. The smallest absolute Gasteiger partial charge is 0.0921 e. The molecule has 2 heterocycles. The first kappa shape index (κ1) is 6.82. The maximum absolute atomic E-state index is 5.81. The second kappa shape index (κ2) is 2.64. The van der Waals surface area contributed by atoms with E-state index in [4.69, 9.17) is 5.73 Å². The molecule has 1 aliphatic rings. The van der Waals surface area contributed by atoms with Gasteiger partial charge in [-0.3, -0.25) is 0 Å². The minimum absolute atomic E-state index is 0.0930. The van der Waals surface area contributed by atoms with Gasteiger partial charge in [-0.1, -0.05) is 0 Å². The summed E-state index contributed by atoms with van der Waals surface area (Å²) in [6, 6.07) is 0. The fourth-order valence-electron chi connectivity index (χ4n) is 1.55. The fourth-order valence-corrected chi connectivity index (χ4v) is 1.55. The van der Waals surface area contributed by atoms with Crippen LogP contribution in [0.3, 0.4) is 0 Å². The van der Waals surface area contributed by atoms with E-state index in [9.17, 15) is 0 Å². The summed E-state index contributed by atoms with van der Waals surface area (Å²) in [7, 11) is 0. The standard InChI is InChI=1S/C7H12N4/c8-7-5(1-2-10-7)6-3-9-4-11-6/h3-5,7,10H,1-2,8H2,(H,9,11). The number of hydrogen-bond acceptors (Lipinski definition) is 3. The summed E-state index contributed by atoms with van der Waals surface area (Å²) in [6.07, 6.45) is 4.73. The Morgan fingerprint density at radius 1 is 1.64 bits per heavy atom. The van der Waals surface area contributed by atoms with Crippen LogP contribution in [-0.2, 0) is 0 Å². The summed E-state index contributed by atoms with van der Waals surface area (Å²) < 4.78 is 0. The summed E-state index contributed by atoms with van der Waals surface area (Å²) in [5.41, 5.74) is 6.95. The van der Waals surface area contributed by atoms with Crippen LogP contribution in [0.25, 0.3) is 0 Å². The number of aromatic nitrogens is 2. The van der Waals surface area contributed by atoms with Gasteiger partial charge in [0.1, 0.15) is 0 Å². The largest absolute Gasteiger partial charge is 0.348 e. The molecule has 0 aliphatic carbocycles. The van der Waals surface area contributed by atoms with Crippen molar-refractivity contribution in [2.45, 2.75) is 18.5 Å². The van der Waals surface area contributed by atoms with Gasteiger partial charge in [0.05, 0.1) is 12.5 Å². The zero-order valence-corrected chi connectivity index (χ0v) is 6.25. The Morgan fingerprint density at radius 3 is 3.09 bits per heavy atom. The van der Waals surface area contributed by atoms with E-state index in [0.717, 1.165) is 18.7 Å². The Bertz CT molecular complexity index is 218. The van der Waals surface area contributed by atoms with Crippen molar-refractivity contribution >= 4 is 0 Å². The molecule has 1 aromatic rings. The second-order valence-electron chi connectivity index (χ2n) is 2.88. The van der Waals surface area contributed by atoms with Crippen LogP contribution in [0.4, 0.5) is 0 Å². The van der Waals surface area contributed by atoms with E-state index >= 15 is 0 Å². The summed E-state index contributed by atoms with van der Waals surface area (Å²) in [5.74, 6) is 0.414. The maximum Gasteiger partial charge on any atom is 0.0921 e. The van der Waals surface area contributed by atoms with Gasteiger partial charge in [-0.2, -0.15) is 0 Å². The van der Waals surface area contributed by atoms with Gasteiger partial charge in [0.25, 0.3) is 0 Å². The lowest BCUT2D eigenvalue weighted by Gasteiger charge is -2.11. The SMILES string of the molecule is NC1NCCC1c1cnc[nH]1. The summed E-state index contributed by atoms with van der Waals surface area (Å²) >= 11 is 0. The highest BCUT2D eigenvalue weighted by atomic mass is 15.1. The molecule has 2 atom stereocenters. The number of imidazole rings is 1. The van der Waals surface area contributed by atoms with Crippen molar-refractivity contribution in [3.05, 3.63) is 18.2 Å². The molecule has 1 saturated heterocycles. The molecule has 11 heavy (non-hydrogen) atoms. The van der Waals surface area contributed by atoms with E-state index in [-0.39, 0.29) is 6.17 Å². The van der Waals surface area contributed by atoms with E-state index in [1.807, 2.05) is 6.20 Å². The Morgan fingerprint density at radius 2 is 2.55 bits per heavy atom. The molecule has 2 rings (SSSR count). The maximum atomic E-state index is 5.81. The lowest BCUT2D eigenvalue weighted by molar-refractivity contribution is 0.560. The number of nitrogens with two attached hydrogens (primary N) is 1. The van der Waals surface area contributed by atoms with Crippen molar-refractivity contribution in [3.63, 3.8) is 0 Å². The zero-order chi connectivity index (χ0) is 7.68. The van der Waals surface area contributed by atoms with Crippen LogP contribution in [-0.4, -0.2) is 22.7 Å². The molecular weight excluding hydrogens is 140 g/mol. The van der Waals surface area contributed by atoms with Crippen molar-refractivity contribution in [1.29, 1.82) is 0 Å². The topological polar surface area (TPSA) is 66.7 Å². The van der Waals surface area contributed by atoms with E-state index in [2.05, 4.69) is 15.3 Å². The first-order chi connectivity index (χ1) is 5.38. The highest BCUT2D eigenvalue weighted by molar-refractivity contribution is 5.08. The third kappa shape index (κ3) is 1.15. The molecule has 4 heteroatoms. The highest BCUT2D eigenvalue weighted by Gasteiger charge is 2.25. The molecule has 0 amide bonds. The Hall–Kier alpha value is -0.870. The third-order valence-electron chi connectivity index (χ3n) is 2.19. The number of hydrogen-bond donors (Lipinski definition) is 3. The van der Waals surface area contributed by atoms with Crippen molar-refractivity contribution < 1.29 is 0 Å². The van der Waals surface area contributed by atoms with Crippen LogP contribution < -0.4 is 11.1 Å². The van der Waals surface area contributed by atoms with Gasteiger partial charge in [-0.25, -0.2) is 4.98 Å². The highest BCUT2D eigenvalue weighted by Crippen LogP contribution is 2.22. The van der Waals surface area contributed by atoms with E-state index < -0.39 is 0 Å². The first-order valence-corrected chi connectivity index (χ1v) is 3.85. The molecule has 0 saturated carbocycles. The number of H-pyrrole nitrogens is 1. The van der Waals surface area contributed by atoms with Gasteiger partial charge in [-0.05, 0) is 13.0 Å². The average molecular weight is 152 g/mol. The predicted octanol–water partition coefficient (Wildman–Crippen LogP) is -0.229. The molecule has 4 nitrogen and oxygen atoms in total. The molecule has 4 N–H and O–H groups in total. The van der Waals surface area contributed by atoms with Crippen LogP contribution in [0.1, 0.15) is 18.0 Å². The van der Waals surface area contributed by atoms with Gasteiger partial charge in [0, 0.05) is 17.8 Å². The van der Waals surface area contributed by atoms with Crippen molar-refractivity contribution in [2.75, 3.05) is 6.54 Å². The number of aromatic amines is 1. The lowest BCUT2D eigenvalue weighted by atomic mass is 10.0. The molecule has 1 fully saturated rings. The normalized spacial score (nSPS) is 31.0. The van der Waals surface area contributed by atoms with Gasteiger partial charge in [-0.15, -0.1) is 0 Å². The van der Waals surface area contributed by atoms with Gasteiger partial charge >= 0.3 is 0 Å². The van der Waals surface area contributed by atoms with Crippen LogP contribution in [0.15, 0.2) is 12.5 Å². The molecule has 0 radical (unpaired) electrons. The molecule has 1 aliphatic heterocycles. The molecule has 0 aromatic carbocycles. The molecular formula is C7H12N4. The Labute approximate surface area is 65.2 Å². The summed E-state index contributed by atoms with van der Waals surface area (Å²) in [5, 5.41) is 3.19. The average Bonchev–Trinajstić information content (AvgIpc) is 2.55. The molecule has 2 unspecified atom stereocenters. The Kier molecular flexibility index (Phi) is 1.63. The first-order valence-electron chi connectivity index (χ1n) is 3.85. The number of rotatable bonds is 1. The van der Waals surface area contributed by atoms with Crippen LogP contribution in [0.5, 0.6) is 0 Å². The second-order valence-corrected chi connectivity index (χ2v) is 2.88. The zero-order valence-electron chi connectivity index (χ0n) is 6.25. The molecule has 0 spiro atoms. The van der Waals surface area contributed by atoms with Crippen LogP contribution in [0, 0.1) is 0 Å². The van der Waals surface area contributed by atoms with Gasteiger partial charge in [0.2, 0.25) is 0 Å². The van der Waals surface area contributed by atoms with E-state index in [0.29, 0.717) is 5.92 Å². The summed E-state index contributed by atoms with van der Waals surface area (Å²) in [6.45, 7) is 1.00. The minimum atomic E-state index is 0.0930. The predicted molar refractivity (Wildman–Crippen MR) is 41.9 cm³/mol. The molecule has 60 valence electrons. The quantitative estimate of drug-likeness (QED) is 0.521. The van der Waals surface area contributed by atoms with Crippen molar-refractivity contribution in [3.8, 4) is 0 Å². The molecule has 1 aromatic heterocycles. The number of nitrogens with zero attached hydrogens (tertiary/aromatic N) is 1. The van der Waals surface area contributed by atoms with Crippen molar-refractivity contribution in [1.82, 2.24) is 15.3 Å². The van der Waals surface area contributed by atoms with E-state index in [1.54, 1.807) is 6.33 Å². The van der Waals surface area contributed by atoms with E-state index in [1.165, 1.54) is 0 Å². The molecule has 0 bridgehead atoms. The van der Waals surface area contributed by atoms with Crippen LogP contribution >= 0.6 is 0 Å². The fraction of sp³-hybridized carbons (Fsp3) is 0.571.